The summed E-state index contributed by atoms with van der Waals surface area (Å²) in [7, 11) is 1.33. The minimum absolute atomic E-state index is 0.000316. The molecule has 0 aliphatic heterocycles. The van der Waals surface area contributed by atoms with Crippen LogP contribution in [0.15, 0.2) is 11.5 Å². The standard InChI is InChI=1S/C9H16O6/c1-7(8(11)12)9(13-2)15-6-5-14-4-3-10/h10H,3-6H2,1-2H3,(H,11,12). The maximum Gasteiger partial charge on any atom is 0.338 e. The highest BCUT2D eigenvalue weighted by molar-refractivity contribution is 5.86. The predicted molar refractivity (Wildman–Crippen MR) is 51.2 cm³/mol. The summed E-state index contributed by atoms with van der Waals surface area (Å²) in [4.78, 5) is 10.6. The second kappa shape index (κ2) is 8.07. The normalized spacial score (nSPS) is 11.9. The first-order valence-corrected chi connectivity index (χ1v) is 4.43. The lowest BCUT2D eigenvalue weighted by molar-refractivity contribution is -0.133. The molecule has 0 aromatic heterocycles. The van der Waals surface area contributed by atoms with Gasteiger partial charge >= 0.3 is 5.97 Å². The molecule has 0 spiro atoms. The molecular formula is C9H16O6. The van der Waals surface area contributed by atoms with E-state index in [0.29, 0.717) is 0 Å². The monoisotopic (exact) mass is 220 g/mol. The number of methoxy groups -OCH3 is 1. The Bertz CT molecular complexity index is 223. The average Bonchev–Trinajstić information content (AvgIpc) is 2.22. The molecule has 0 rings (SSSR count). The van der Waals surface area contributed by atoms with Gasteiger partial charge in [-0.05, 0) is 6.92 Å². The van der Waals surface area contributed by atoms with Gasteiger partial charge < -0.3 is 24.4 Å². The third kappa shape index (κ3) is 5.92. The zero-order chi connectivity index (χ0) is 11.7. The first-order chi connectivity index (χ1) is 7.13. The molecule has 88 valence electrons. The van der Waals surface area contributed by atoms with Crippen molar-refractivity contribution in [1.82, 2.24) is 0 Å². The Labute approximate surface area is 88.1 Å². The van der Waals surface area contributed by atoms with Crippen molar-refractivity contribution in [2.75, 3.05) is 33.5 Å². The number of aliphatic hydroxyl groups is 1. The molecule has 0 unspecified atom stereocenters. The van der Waals surface area contributed by atoms with E-state index in [1.807, 2.05) is 0 Å². The van der Waals surface area contributed by atoms with E-state index in [1.54, 1.807) is 0 Å². The summed E-state index contributed by atoms with van der Waals surface area (Å²) in [6.07, 6.45) is 0. The van der Waals surface area contributed by atoms with Crippen LogP contribution in [-0.4, -0.2) is 49.7 Å². The van der Waals surface area contributed by atoms with Crippen LogP contribution in [0.2, 0.25) is 0 Å². The zero-order valence-electron chi connectivity index (χ0n) is 8.86. The molecule has 0 heterocycles. The van der Waals surface area contributed by atoms with Crippen LogP contribution in [0.3, 0.4) is 0 Å². The second-order valence-corrected chi connectivity index (χ2v) is 2.61. The maximum absolute atomic E-state index is 10.6. The minimum Gasteiger partial charge on any atom is -0.478 e. The van der Waals surface area contributed by atoms with Crippen LogP contribution in [0.1, 0.15) is 6.92 Å². The smallest absolute Gasteiger partial charge is 0.338 e. The second-order valence-electron chi connectivity index (χ2n) is 2.61. The van der Waals surface area contributed by atoms with Gasteiger partial charge in [0.25, 0.3) is 5.95 Å². The molecular weight excluding hydrogens is 204 g/mol. The van der Waals surface area contributed by atoms with Gasteiger partial charge in [0.2, 0.25) is 0 Å². The molecule has 0 amide bonds. The highest BCUT2D eigenvalue weighted by Gasteiger charge is 2.11. The molecule has 0 aliphatic carbocycles. The van der Waals surface area contributed by atoms with Crippen molar-refractivity contribution in [1.29, 1.82) is 0 Å². The molecule has 15 heavy (non-hydrogen) atoms. The van der Waals surface area contributed by atoms with E-state index in [4.69, 9.17) is 24.4 Å². The summed E-state index contributed by atoms with van der Waals surface area (Å²) < 4.78 is 14.7. The Balaban J connectivity index is 3.91. The lowest BCUT2D eigenvalue weighted by Gasteiger charge is -2.10. The van der Waals surface area contributed by atoms with E-state index in [9.17, 15) is 4.79 Å². The fourth-order valence-electron chi connectivity index (χ4n) is 0.767. The number of ether oxygens (including phenoxy) is 3. The van der Waals surface area contributed by atoms with Crippen LogP contribution in [0.5, 0.6) is 0 Å². The molecule has 0 atom stereocenters. The first-order valence-electron chi connectivity index (χ1n) is 4.43. The van der Waals surface area contributed by atoms with Crippen LogP contribution < -0.4 is 0 Å². The van der Waals surface area contributed by atoms with Crippen molar-refractivity contribution in [3.8, 4) is 0 Å². The number of carboxylic acid groups (broad SMARTS) is 1. The summed E-state index contributed by atoms with van der Waals surface area (Å²) in [6.45, 7) is 2.00. The maximum atomic E-state index is 10.6. The van der Waals surface area contributed by atoms with Gasteiger partial charge in [-0.15, -0.1) is 0 Å². The molecule has 0 radical (unpaired) electrons. The molecule has 0 fully saturated rings. The fourth-order valence-corrected chi connectivity index (χ4v) is 0.767. The van der Waals surface area contributed by atoms with Crippen molar-refractivity contribution in [3.05, 3.63) is 11.5 Å². The van der Waals surface area contributed by atoms with Gasteiger partial charge in [0.05, 0.1) is 26.9 Å². The van der Waals surface area contributed by atoms with E-state index in [0.717, 1.165) is 0 Å². The number of rotatable bonds is 8. The van der Waals surface area contributed by atoms with Crippen molar-refractivity contribution < 1.29 is 29.2 Å². The van der Waals surface area contributed by atoms with Gasteiger partial charge in [-0.2, -0.15) is 0 Å². The van der Waals surface area contributed by atoms with Crippen molar-refractivity contribution in [2.45, 2.75) is 6.92 Å². The lowest BCUT2D eigenvalue weighted by atomic mass is 10.3. The molecule has 2 N–H and O–H groups in total. The van der Waals surface area contributed by atoms with Crippen LogP contribution in [-0.2, 0) is 19.0 Å². The number of aliphatic hydroxyl groups excluding tert-OH is 1. The average molecular weight is 220 g/mol. The van der Waals surface area contributed by atoms with Gasteiger partial charge in [-0.1, -0.05) is 0 Å². The molecule has 0 aliphatic rings. The number of carbonyl (C=O) groups is 1. The Morgan fingerprint density at radius 2 is 1.93 bits per heavy atom. The number of hydrogen-bond donors (Lipinski definition) is 2. The third-order valence-electron chi connectivity index (χ3n) is 1.51. The summed E-state index contributed by atoms with van der Waals surface area (Å²) in [5.41, 5.74) is -0.000316. The SMILES string of the molecule is COC(OCCOCCO)=C(C)C(=O)O. The molecule has 6 heteroatoms. The van der Waals surface area contributed by atoms with Crippen molar-refractivity contribution in [3.63, 3.8) is 0 Å². The molecule has 0 saturated heterocycles. The Morgan fingerprint density at radius 3 is 2.40 bits per heavy atom. The van der Waals surface area contributed by atoms with E-state index >= 15 is 0 Å². The summed E-state index contributed by atoms with van der Waals surface area (Å²) in [5.74, 6) is -1.13. The van der Waals surface area contributed by atoms with Crippen molar-refractivity contribution >= 4 is 5.97 Å². The highest BCUT2D eigenvalue weighted by atomic mass is 16.7. The van der Waals surface area contributed by atoms with E-state index < -0.39 is 5.97 Å². The van der Waals surface area contributed by atoms with Gasteiger partial charge in [0, 0.05) is 0 Å². The Morgan fingerprint density at radius 1 is 1.27 bits per heavy atom. The molecule has 0 aromatic rings. The summed E-state index contributed by atoms with van der Waals surface area (Å²) in [6, 6.07) is 0. The molecule has 6 nitrogen and oxygen atoms in total. The van der Waals surface area contributed by atoms with E-state index in [-0.39, 0.29) is 37.9 Å². The van der Waals surface area contributed by atoms with Crippen LogP contribution in [0.4, 0.5) is 0 Å². The van der Waals surface area contributed by atoms with E-state index in [1.165, 1.54) is 14.0 Å². The summed E-state index contributed by atoms with van der Waals surface area (Å²) in [5, 5.41) is 17.0. The van der Waals surface area contributed by atoms with Crippen LogP contribution >= 0.6 is 0 Å². The lowest BCUT2D eigenvalue weighted by Crippen LogP contribution is -2.11. The number of aliphatic carboxylic acids is 1. The minimum atomic E-state index is -1.09. The number of hydrogen-bond acceptors (Lipinski definition) is 5. The molecule has 0 aromatic carbocycles. The first kappa shape index (κ1) is 13.7. The topological polar surface area (TPSA) is 85.2 Å². The van der Waals surface area contributed by atoms with Gasteiger partial charge in [0.15, 0.2) is 0 Å². The largest absolute Gasteiger partial charge is 0.478 e. The van der Waals surface area contributed by atoms with Crippen LogP contribution in [0.25, 0.3) is 0 Å². The summed E-state index contributed by atoms with van der Waals surface area (Å²) >= 11 is 0. The van der Waals surface area contributed by atoms with E-state index in [2.05, 4.69) is 0 Å². The number of carboxylic acids is 1. The van der Waals surface area contributed by atoms with Gasteiger partial charge in [-0.3, -0.25) is 0 Å². The van der Waals surface area contributed by atoms with Crippen LogP contribution in [0, 0.1) is 0 Å². The van der Waals surface area contributed by atoms with Gasteiger partial charge in [0.1, 0.15) is 12.2 Å². The molecule has 0 saturated carbocycles. The quantitative estimate of drug-likeness (QED) is 0.339. The predicted octanol–water partition coefficient (Wildman–Crippen LogP) is -0.0256. The Kier molecular flexibility index (Phi) is 7.39. The fraction of sp³-hybridized carbons (Fsp3) is 0.667. The zero-order valence-corrected chi connectivity index (χ0v) is 8.86. The van der Waals surface area contributed by atoms with Crippen molar-refractivity contribution in [2.24, 2.45) is 0 Å². The van der Waals surface area contributed by atoms with Gasteiger partial charge in [-0.25, -0.2) is 4.79 Å². The molecule has 0 bridgehead atoms. The highest BCUT2D eigenvalue weighted by Crippen LogP contribution is 2.06. The third-order valence-corrected chi connectivity index (χ3v) is 1.51. The Hall–Kier alpha value is -1.27.